The quantitative estimate of drug-likeness (QED) is 0.811. The highest BCUT2D eigenvalue weighted by molar-refractivity contribution is 5.89. The Morgan fingerprint density at radius 3 is 2.55 bits per heavy atom. The molecule has 3 N–H and O–H groups in total. The second-order valence-electron chi connectivity index (χ2n) is 5.68. The van der Waals surface area contributed by atoms with E-state index in [1.807, 2.05) is 17.0 Å². The molecule has 1 unspecified atom stereocenters. The van der Waals surface area contributed by atoms with Gasteiger partial charge in [0, 0.05) is 30.5 Å². The maximum absolute atomic E-state index is 12.2. The smallest absolute Gasteiger partial charge is 0.321 e. The molecule has 1 atom stereocenters. The second kappa shape index (κ2) is 5.71. The largest absolute Gasteiger partial charge is 0.399 e. The van der Waals surface area contributed by atoms with E-state index in [1.165, 1.54) is 25.9 Å². The molecule has 2 aliphatic rings. The lowest BCUT2D eigenvalue weighted by molar-refractivity contribution is 0.210. The molecule has 2 fully saturated rings. The van der Waals surface area contributed by atoms with Crippen LogP contribution >= 0.6 is 0 Å². The summed E-state index contributed by atoms with van der Waals surface area (Å²) in [4.78, 5) is 16.7. The summed E-state index contributed by atoms with van der Waals surface area (Å²) in [5.41, 5.74) is 7.15. The maximum Gasteiger partial charge on any atom is 0.321 e. The first-order valence-corrected chi connectivity index (χ1v) is 7.38. The van der Waals surface area contributed by atoms with Crippen LogP contribution in [-0.4, -0.2) is 48.1 Å². The topological polar surface area (TPSA) is 61.6 Å². The monoisotopic (exact) mass is 274 g/mol. The minimum Gasteiger partial charge on any atom is -0.399 e. The fourth-order valence-corrected chi connectivity index (χ4v) is 3.10. The first-order valence-electron chi connectivity index (χ1n) is 7.38. The van der Waals surface area contributed by atoms with Gasteiger partial charge in [-0.2, -0.15) is 0 Å². The van der Waals surface area contributed by atoms with Crippen molar-refractivity contribution in [2.24, 2.45) is 0 Å². The Bertz CT molecular complexity index is 467. The lowest BCUT2D eigenvalue weighted by Crippen LogP contribution is -2.38. The van der Waals surface area contributed by atoms with Gasteiger partial charge in [0.1, 0.15) is 0 Å². The summed E-state index contributed by atoms with van der Waals surface area (Å²) in [6, 6.07) is 7.81. The van der Waals surface area contributed by atoms with Crippen molar-refractivity contribution in [1.82, 2.24) is 9.80 Å². The zero-order valence-electron chi connectivity index (χ0n) is 11.7. The molecule has 2 heterocycles. The molecule has 2 aliphatic heterocycles. The highest BCUT2D eigenvalue weighted by atomic mass is 16.2. The Hall–Kier alpha value is -1.75. The van der Waals surface area contributed by atoms with Gasteiger partial charge in [-0.05, 0) is 56.6 Å². The summed E-state index contributed by atoms with van der Waals surface area (Å²) in [6.45, 7) is 4.08. The summed E-state index contributed by atoms with van der Waals surface area (Å²) in [6.07, 6.45) is 3.69. The molecule has 2 saturated heterocycles. The molecular formula is C15H22N4O. The number of carbonyl (C=O) groups is 1. The van der Waals surface area contributed by atoms with Crippen molar-refractivity contribution in [2.75, 3.05) is 37.2 Å². The molecule has 1 aromatic carbocycles. The maximum atomic E-state index is 12.2. The van der Waals surface area contributed by atoms with E-state index >= 15 is 0 Å². The van der Waals surface area contributed by atoms with Crippen LogP contribution in [0.3, 0.4) is 0 Å². The number of anilines is 2. The molecule has 2 amide bonds. The van der Waals surface area contributed by atoms with Crippen LogP contribution in [0.2, 0.25) is 0 Å². The van der Waals surface area contributed by atoms with E-state index in [-0.39, 0.29) is 6.03 Å². The number of nitrogens with two attached hydrogens (primary N) is 1. The SMILES string of the molecule is Nc1ccc(NC(=O)N2CCC(N3CCCC3)C2)cc1. The first-order chi connectivity index (χ1) is 9.72. The van der Waals surface area contributed by atoms with E-state index in [9.17, 15) is 4.79 Å². The fourth-order valence-electron chi connectivity index (χ4n) is 3.10. The van der Waals surface area contributed by atoms with Gasteiger partial charge in [-0.3, -0.25) is 4.90 Å². The molecule has 0 saturated carbocycles. The van der Waals surface area contributed by atoms with E-state index in [2.05, 4.69) is 10.2 Å². The molecule has 0 bridgehead atoms. The van der Waals surface area contributed by atoms with Crippen molar-refractivity contribution < 1.29 is 4.79 Å². The number of nitrogens with zero attached hydrogens (tertiary/aromatic N) is 2. The van der Waals surface area contributed by atoms with Crippen molar-refractivity contribution in [3.63, 3.8) is 0 Å². The predicted octanol–water partition coefficient (Wildman–Crippen LogP) is 1.97. The number of nitrogen functional groups attached to an aromatic ring is 1. The van der Waals surface area contributed by atoms with E-state index in [4.69, 9.17) is 5.73 Å². The Morgan fingerprint density at radius 2 is 1.85 bits per heavy atom. The summed E-state index contributed by atoms with van der Waals surface area (Å²) in [7, 11) is 0. The van der Waals surface area contributed by atoms with Crippen LogP contribution in [0.15, 0.2) is 24.3 Å². The van der Waals surface area contributed by atoms with Crippen LogP contribution in [-0.2, 0) is 0 Å². The number of carbonyl (C=O) groups excluding carboxylic acids is 1. The number of rotatable bonds is 2. The molecule has 1 aromatic rings. The molecule has 108 valence electrons. The molecule has 5 heteroatoms. The summed E-state index contributed by atoms with van der Waals surface area (Å²) in [5, 5.41) is 2.94. The number of benzene rings is 1. The molecule has 0 spiro atoms. The van der Waals surface area contributed by atoms with Gasteiger partial charge in [0.05, 0.1) is 0 Å². The van der Waals surface area contributed by atoms with Crippen LogP contribution in [0.4, 0.5) is 16.2 Å². The van der Waals surface area contributed by atoms with E-state index < -0.39 is 0 Å². The third-order valence-electron chi connectivity index (χ3n) is 4.27. The summed E-state index contributed by atoms with van der Waals surface area (Å²) < 4.78 is 0. The van der Waals surface area contributed by atoms with Crippen LogP contribution in [0.1, 0.15) is 19.3 Å². The lowest BCUT2D eigenvalue weighted by Gasteiger charge is -2.23. The number of urea groups is 1. The van der Waals surface area contributed by atoms with Gasteiger partial charge in [0.25, 0.3) is 0 Å². The molecule has 3 rings (SSSR count). The van der Waals surface area contributed by atoms with Gasteiger partial charge >= 0.3 is 6.03 Å². The molecular weight excluding hydrogens is 252 g/mol. The minimum atomic E-state index is -0.00327. The third-order valence-corrected chi connectivity index (χ3v) is 4.27. The van der Waals surface area contributed by atoms with Crippen molar-refractivity contribution >= 4 is 17.4 Å². The van der Waals surface area contributed by atoms with Gasteiger partial charge in [-0.25, -0.2) is 4.79 Å². The number of nitrogens with one attached hydrogen (secondary N) is 1. The Balaban J connectivity index is 1.54. The Labute approximate surface area is 119 Å². The van der Waals surface area contributed by atoms with Crippen LogP contribution in [0, 0.1) is 0 Å². The number of likely N-dealkylation sites (tertiary alicyclic amines) is 2. The predicted molar refractivity (Wildman–Crippen MR) is 80.7 cm³/mol. The first kappa shape index (κ1) is 13.2. The number of hydrogen-bond donors (Lipinski definition) is 2. The van der Waals surface area contributed by atoms with Crippen LogP contribution in [0.25, 0.3) is 0 Å². The molecule has 0 aliphatic carbocycles. The molecule has 0 radical (unpaired) electrons. The van der Waals surface area contributed by atoms with Crippen molar-refractivity contribution in [3.05, 3.63) is 24.3 Å². The number of hydrogen-bond acceptors (Lipinski definition) is 3. The van der Waals surface area contributed by atoms with Crippen molar-refractivity contribution in [1.29, 1.82) is 0 Å². The van der Waals surface area contributed by atoms with Gasteiger partial charge in [0.2, 0.25) is 0 Å². The van der Waals surface area contributed by atoms with Crippen LogP contribution in [0.5, 0.6) is 0 Å². The standard InChI is InChI=1S/C15H22N4O/c16-12-3-5-13(6-4-12)17-15(20)19-10-7-14(11-19)18-8-1-2-9-18/h3-6,14H,1-2,7-11,16H2,(H,17,20). The average molecular weight is 274 g/mol. The highest BCUT2D eigenvalue weighted by Crippen LogP contribution is 2.21. The normalized spacial score (nSPS) is 23.2. The molecule has 20 heavy (non-hydrogen) atoms. The zero-order chi connectivity index (χ0) is 13.9. The zero-order valence-corrected chi connectivity index (χ0v) is 11.7. The summed E-state index contributed by atoms with van der Waals surface area (Å²) >= 11 is 0. The Kier molecular flexibility index (Phi) is 3.78. The van der Waals surface area contributed by atoms with Crippen molar-refractivity contribution in [3.8, 4) is 0 Å². The van der Waals surface area contributed by atoms with Gasteiger partial charge in [0.15, 0.2) is 0 Å². The van der Waals surface area contributed by atoms with Gasteiger partial charge in [-0.1, -0.05) is 0 Å². The van der Waals surface area contributed by atoms with Crippen LogP contribution < -0.4 is 11.1 Å². The number of amides is 2. The Morgan fingerprint density at radius 1 is 1.15 bits per heavy atom. The van der Waals surface area contributed by atoms with Gasteiger partial charge < -0.3 is 16.0 Å². The molecule has 0 aromatic heterocycles. The minimum absolute atomic E-state index is 0.00327. The van der Waals surface area contributed by atoms with E-state index in [1.54, 1.807) is 12.1 Å². The van der Waals surface area contributed by atoms with E-state index in [0.717, 1.165) is 25.2 Å². The van der Waals surface area contributed by atoms with E-state index in [0.29, 0.717) is 11.7 Å². The highest BCUT2D eigenvalue weighted by Gasteiger charge is 2.31. The van der Waals surface area contributed by atoms with Crippen molar-refractivity contribution in [2.45, 2.75) is 25.3 Å². The third kappa shape index (κ3) is 2.88. The van der Waals surface area contributed by atoms with Gasteiger partial charge in [-0.15, -0.1) is 0 Å². The lowest BCUT2D eigenvalue weighted by atomic mass is 10.2. The molecule has 5 nitrogen and oxygen atoms in total. The average Bonchev–Trinajstić information content (AvgIpc) is 3.11. The second-order valence-corrected chi connectivity index (χ2v) is 5.68. The summed E-state index contributed by atoms with van der Waals surface area (Å²) in [5.74, 6) is 0. The fraction of sp³-hybridized carbons (Fsp3) is 0.533.